The van der Waals surface area contributed by atoms with E-state index < -0.39 is 5.54 Å². The minimum absolute atomic E-state index is 0.0845. The van der Waals surface area contributed by atoms with Crippen LogP contribution in [0.25, 0.3) is 0 Å². The molecule has 1 N–H and O–H groups in total. The number of nitrogens with zero attached hydrogens (tertiary/aromatic N) is 1. The maximum atomic E-state index is 12.1. The van der Waals surface area contributed by atoms with Crippen molar-refractivity contribution in [2.75, 3.05) is 6.61 Å². The number of amides is 2. The van der Waals surface area contributed by atoms with Gasteiger partial charge in [0.15, 0.2) is 0 Å². The van der Waals surface area contributed by atoms with E-state index in [-0.39, 0.29) is 24.3 Å². The first-order chi connectivity index (χ1) is 8.09. The second-order valence-corrected chi connectivity index (χ2v) is 5.58. The summed E-state index contributed by atoms with van der Waals surface area (Å²) in [4.78, 5) is 25.5. The zero-order chi connectivity index (χ0) is 12.5. The Labute approximate surface area is 102 Å². The van der Waals surface area contributed by atoms with E-state index in [0.29, 0.717) is 12.8 Å². The molecule has 0 atom stereocenters. The molecule has 0 spiro atoms. The number of carbonyl (C=O) groups is 2. The average Bonchev–Trinajstić information content (AvgIpc) is 2.28. The molecular weight excluding hydrogens is 218 g/mol. The molecule has 96 valence electrons. The first kappa shape index (κ1) is 12.6. The fourth-order valence-corrected chi connectivity index (χ4v) is 3.18. The summed E-state index contributed by atoms with van der Waals surface area (Å²) >= 11 is 0. The van der Waals surface area contributed by atoms with Crippen molar-refractivity contribution >= 4 is 11.8 Å². The van der Waals surface area contributed by atoms with Crippen LogP contribution in [0.1, 0.15) is 51.9 Å². The van der Waals surface area contributed by atoms with Gasteiger partial charge in [-0.1, -0.05) is 26.2 Å². The molecule has 1 saturated carbocycles. The molecule has 2 rings (SSSR count). The van der Waals surface area contributed by atoms with Crippen LogP contribution in [-0.2, 0) is 9.59 Å². The molecule has 4 nitrogen and oxygen atoms in total. The molecule has 1 aliphatic carbocycles. The number of rotatable bonds is 2. The van der Waals surface area contributed by atoms with E-state index in [1.165, 1.54) is 4.90 Å². The van der Waals surface area contributed by atoms with Crippen LogP contribution in [0.4, 0.5) is 0 Å². The van der Waals surface area contributed by atoms with E-state index in [1.54, 1.807) is 0 Å². The molecule has 2 amide bonds. The van der Waals surface area contributed by atoms with Crippen molar-refractivity contribution in [2.24, 2.45) is 5.92 Å². The summed E-state index contributed by atoms with van der Waals surface area (Å²) in [5.41, 5.74) is -0.591. The van der Waals surface area contributed by atoms with Gasteiger partial charge < -0.3 is 5.11 Å². The predicted molar refractivity (Wildman–Crippen MR) is 63.2 cm³/mol. The van der Waals surface area contributed by atoms with E-state index in [0.717, 1.165) is 32.1 Å². The van der Waals surface area contributed by atoms with Gasteiger partial charge in [-0.15, -0.1) is 0 Å². The number of piperidine rings is 1. The Morgan fingerprint density at radius 2 is 1.71 bits per heavy atom. The number of aliphatic hydroxyl groups is 1. The highest BCUT2D eigenvalue weighted by Gasteiger charge is 2.45. The van der Waals surface area contributed by atoms with Crippen molar-refractivity contribution in [1.82, 2.24) is 4.90 Å². The largest absolute Gasteiger partial charge is 0.394 e. The molecule has 1 aliphatic heterocycles. The van der Waals surface area contributed by atoms with Gasteiger partial charge in [-0.3, -0.25) is 14.5 Å². The van der Waals surface area contributed by atoms with Crippen molar-refractivity contribution in [2.45, 2.75) is 57.4 Å². The van der Waals surface area contributed by atoms with Gasteiger partial charge in [0.05, 0.1) is 12.1 Å². The smallest absolute Gasteiger partial charge is 0.230 e. The molecule has 0 aromatic carbocycles. The zero-order valence-electron chi connectivity index (χ0n) is 10.4. The Hall–Kier alpha value is -0.900. The number of carbonyl (C=O) groups excluding carboxylic acids is 2. The van der Waals surface area contributed by atoms with Crippen LogP contribution in [0.3, 0.4) is 0 Å². The van der Waals surface area contributed by atoms with Crippen LogP contribution in [0.5, 0.6) is 0 Å². The van der Waals surface area contributed by atoms with Gasteiger partial charge in [0.1, 0.15) is 0 Å². The maximum absolute atomic E-state index is 12.1. The highest BCUT2D eigenvalue weighted by molar-refractivity contribution is 5.98. The van der Waals surface area contributed by atoms with Gasteiger partial charge in [0.2, 0.25) is 11.8 Å². The van der Waals surface area contributed by atoms with Gasteiger partial charge in [-0.25, -0.2) is 0 Å². The Morgan fingerprint density at radius 3 is 2.18 bits per heavy atom. The van der Waals surface area contributed by atoms with Crippen LogP contribution in [0, 0.1) is 5.92 Å². The Bertz CT molecular complexity index is 303. The first-order valence-electron chi connectivity index (χ1n) is 6.56. The number of hydrogen-bond acceptors (Lipinski definition) is 3. The van der Waals surface area contributed by atoms with Gasteiger partial charge in [0, 0.05) is 12.8 Å². The summed E-state index contributed by atoms with van der Waals surface area (Å²) in [5, 5.41) is 9.65. The minimum Gasteiger partial charge on any atom is -0.394 e. The highest BCUT2D eigenvalue weighted by atomic mass is 16.3. The molecule has 0 radical (unpaired) electrons. The summed E-state index contributed by atoms with van der Waals surface area (Å²) in [6, 6.07) is 0. The van der Waals surface area contributed by atoms with Gasteiger partial charge >= 0.3 is 0 Å². The SMILES string of the molecule is CC1CC(=O)N(C2(CO)CCCCC2)C(=O)C1. The number of hydrogen-bond donors (Lipinski definition) is 1. The summed E-state index contributed by atoms with van der Waals surface area (Å²) < 4.78 is 0. The van der Waals surface area contributed by atoms with Crippen molar-refractivity contribution < 1.29 is 14.7 Å². The van der Waals surface area contributed by atoms with E-state index in [2.05, 4.69) is 0 Å². The standard InChI is InChI=1S/C13H21NO3/c1-10-7-11(16)14(12(17)8-10)13(9-15)5-3-2-4-6-13/h10,15H,2-9H2,1H3. The molecule has 1 saturated heterocycles. The molecule has 0 unspecified atom stereocenters. The van der Waals surface area contributed by atoms with Crippen LogP contribution < -0.4 is 0 Å². The Balaban J connectivity index is 2.23. The average molecular weight is 239 g/mol. The summed E-state index contributed by atoms with van der Waals surface area (Å²) in [7, 11) is 0. The monoisotopic (exact) mass is 239 g/mol. The maximum Gasteiger partial charge on any atom is 0.230 e. The van der Waals surface area contributed by atoms with E-state index in [9.17, 15) is 14.7 Å². The Kier molecular flexibility index (Phi) is 3.52. The molecule has 2 aliphatic rings. The summed E-state index contributed by atoms with van der Waals surface area (Å²) in [6.45, 7) is 1.85. The fourth-order valence-electron chi connectivity index (χ4n) is 3.18. The highest BCUT2D eigenvalue weighted by Crippen LogP contribution is 2.36. The normalized spacial score (nSPS) is 26.4. The van der Waals surface area contributed by atoms with Crippen LogP contribution in [0.15, 0.2) is 0 Å². The number of imide groups is 1. The quantitative estimate of drug-likeness (QED) is 0.742. The third-order valence-electron chi connectivity index (χ3n) is 4.10. The lowest BCUT2D eigenvalue weighted by atomic mass is 9.79. The zero-order valence-corrected chi connectivity index (χ0v) is 10.4. The molecule has 2 fully saturated rings. The topological polar surface area (TPSA) is 57.6 Å². The van der Waals surface area contributed by atoms with Crippen molar-refractivity contribution in [3.8, 4) is 0 Å². The molecule has 17 heavy (non-hydrogen) atoms. The lowest BCUT2D eigenvalue weighted by Crippen LogP contribution is -2.60. The third-order valence-corrected chi connectivity index (χ3v) is 4.10. The first-order valence-corrected chi connectivity index (χ1v) is 6.56. The molecular formula is C13H21NO3. The summed E-state index contributed by atoms with van der Waals surface area (Å²) in [5.74, 6) is -0.0417. The molecule has 0 aromatic rings. The molecule has 4 heteroatoms. The number of aliphatic hydroxyl groups excluding tert-OH is 1. The van der Waals surface area contributed by atoms with Gasteiger partial charge in [-0.2, -0.15) is 0 Å². The van der Waals surface area contributed by atoms with E-state index in [4.69, 9.17) is 0 Å². The van der Waals surface area contributed by atoms with Crippen molar-refractivity contribution in [3.63, 3.8) is 0 Å². The van der Waals surface area contributed by atoms with Crippen LogP contribution in [0.2, 0.25) is 0 Å². The van der Waals surface area contributed by atoms with Gasteiger partial charge in [0.25, 0.3) is 0 Å². The molecule has 0 aromatic heterocycles. The van der Waals surface area contributed by atoms with Crippen LogP contribution in [-0.4, -0.2) is 34.0 Å². The molecule has 1 heterocycles. The number of likely N-dealkylation sites (tertiary alicyclic amines) is 1. The van der Waals surface area contributed by atoms with E-state index >= 15 is 0 Å². The lowest BCUT2D eigenvalue weighted by molar-refractivity contribution is -0.161. The summed E-state index contributed by atoms with van der Waals surface area (Å²) in [6.07, 6.45) is 5.51. The fraction of sp³-hybridized carbons (Fsp3) is 0.846. The second kappa shape index (κ2) is 4.77. The van der Waals surface area contributed by atoms with Gasteiger partial charge in [-0.05, 0) is 18.8 Å². The van der Waals surface area contributed by atoms with Crippen molar-refractivity contribution in [3.05, 3.63) is 0 Å². The van der Waals surface area contributed by atoms with E-state index in [1.807, 2.05) is 6.92 Å². The van der Waals surface area contributed by atoms with Crippen LogP contribution >= 0.6 is 0 Å². The third kappa shape index (κ3) is 2.23. The minimum atomic E-state index is -0.591. The Morgan fingerprint density at radius 1 is 1.18 bits per heavy atom. The predicted octanol–water partition coefficient (Wildman–Crippen LogP) is 1.47. The van der Waals surface area contributed by atoms with Crippen molar-refractivity contribution in [1.29, 1.82) is 0 Å². The lowest BCUT2D eigenvalue weighted by Gasteiger charge is -2.46. The second-order valence-electron chi connectivity index (χ2n) is 5.58. The molecule has 0 bridgehead atoms.